The Labute approximate surface area is 226 Å². The standard InChI is InChI=1S/C29H21ClN6O3/c1-17(35-28-24-21(37)12-15-32-27(24)33-16-34-28)26-25(30)20-8-5-9-22(39-19-10-13-31-14-11-19)23(20)29(38)36(26)18-6-3-2-4-7-18/h2-17H,1H3,(H2,32,33,34,35,37)/t17-/m0/s1. The van der Waals surface area contributed by atoms with Crippen LogP contribution in [0.4, 0.5) is 5.82 Å². The lowest BCUT2D eigenvalue weighted by molar-refractivity contribution is 0.487. The highest BCUT2D eigenvalue weighted by Gasteiger charge is 2.24. The number of aromatic amines is 1. The number of nitrogens with one attached hydrogen (secondary N) is 2. The maximum atomic E-state index is 14.2. The summed E-state index contributed by atoms with van der Waals surface area (Å²) in [6, 6.07) is 18.8. The summed E-state index contributed by atoms with van der Waals surface area (Å²) in [6.45, 7) is 1.86. The first-order valence-corrected chi connectivity index (χ1v) is 12.5. The van der Waals surface area contributed by atoms with Crippen molar-refractivity contribution >= 4 is 39.2 Å². The van der Waals surface area contributed by atoms with Gasteiger partial charge in [0.25, 0.3) is 5.56 Å². The fraction of sp³-hybridized carbons (Fsp3) is 0.0690. The van der Waals surface area contributed by atoms with Crippen LogP contribution in [0.2, 0.25) is 5.02 Å². The van der Waals surface area contributed by atoms with E-state index >= 15 is 0 Å². The minimum Gasteiger partial charge on any atom is -0.456 e. The van der Waals surface area contributed by atoms with Crippen LogP contribution < -0.4 is 21.0 Å². The van der Waals surface area contributed by atoms with Gasteiger partial charge in [0.1, 0.15) is 34.7 Å². The van der Waals surface area contributed by atoms with Crippen molar-refractivity contribution in [2.45, 2.75) is 13.0 Å². The summed E-state index contributed by atoms with van der Waals surface area (Å²) in [5.74, 6) is 1.24. The summed E-state index contributed by atoms with van der Waals surface area (Å²) in [5.41, 5.74) is 0.982. The molecule has 0 bridgehead atoms. The summed E-state index contributed by atoms with van der Waals surface area (Å²) in [4.78, 5) is 42.3. The Bertz CT molecular complexity index is 1940. The summed E-state index contributed by atoms with van der Waals surface area (Å²) in [7, 11) is 0. The van der Waals surface area contributed by atoms with E-state index in [-0.39, 0.29) is 11.0 Å². The molecule has 1 atom stereocenters. The number of para-hydroxylation sites is 1. The average Bonchev–Trinajstić information content (AvgIpc) is 2.96. The highest BCUT2D eigenvalue weighted by Crippen LogP contribution is 2.37. The van der Waals surface area contributed by atoms with Gasteiger partial charge in [-0.25, -0.2) is 9.97 Å². The van der Waals surface area contributed by atoms with Crippen LogP contribution in [-0.4, -0.2) is 24.5 Å². The van der Waals surface area contributed by atoms with Crippen LogP contribution in [0.3, 0.4) is 0 Å². The third-order valence-electron chi connectivity index (χ3n) is 6.35. The average molecular weight is 537 g/mol. The molecule has 192 valence electrons. The monoisotopic (exact) mass is 536 g/mol. The molecule has 0 fully saturated rings. The summed E-state index contributed by atoms with van der Waals surface area (Å²) in [6.07, 6.45) is 6.12. The van der Waals surface area contributed by atoms with Gasteiger partial charge >= 0.3 is 0 Å². The van der Waals surface area contributed by atoms with Crippen molar-refractivity contribution in [2.75, 3.05) is 5.32 Å². The van der Waals surface area contributed by atoms with Crippen LogP contribution in [0.1, 0.15) is 18.7 Å². The van der Waals surface area contributed by atoms with Crippen LogP contribution in [0.15, 0.2) is 101 Å². The molecule has 6 aromatic rings. The number of anilines is 1. The molecular formula is C29H21ClN6O3. The Hall–Kier alpha value is -5.02. The smallest absolute Gasteiger partial charge is 0.267 e. The Morgan fingerprint density at radius 1 is 0.949 bits per heavy atom. The summed E-state index contributed by atoms with van der Waals surface area (Å²) >= 11 is 7.09. The van der Waals surface area contributed by atoms with Crippen molar-refractivity contribution in [3.63, 3.8) is 0 Å². The van der Waals surface area contributed by atoms with Crippen molar-refractivity contribution < 1.29 is 4.74 Å². The van der Waals surface area contributed by atoms with E-state index < -0.39 is 6.04 Å². The number of aromatic nitrogens is 5. The van der Waals surface area contributed by atoms with Gasteiger partial charge in [0.15, 0.2) is 5.43 Å². The second-order valence-electron chi connectivity index (χ2n) is 8.79. The van der Waals surface area contributed by atoms with Crippen LogP contribution in [0, 0.1) is 0 Å². The molecule has 0 aliphatic carbocycles. The fourth-order valence-corrected chi connectivity index (χ4v) is 5.02. The van der Waals surface area contributed by atoms with Crippen molar-refractivity contribution in [1.29, 1.82) is 0 Å². The minimum absolute atomic E-state index is 0.234. The normalized spacial score (nSPS) is 11.9. The number of ether oxygens (including phenoxy) is 1. The van der Waals surface area contributed by atoms with Gasteiger partial charge in [0.2, 0.25) is 0 Å². The van der Waals surface area contributed by atoms with Gasteiger partial charge in [0, 0.05) is 35.7 Å². The molecule has 4 heterocycles. The molecule has 39 heavy (non-hydrogen) atoms. The van der Waals surface area contributed by atoms with Gasteiger partial charge in [-0.2, -0.15) is 0 Å². The summed E-state index contributed by atoms with van der Waals surface area (Å²) < 4.78 is 7.66. The number of rotatable bonds is 6. The van der Waals surface area contributed by atoms with Gasteiger partial charge < -0.3 is 15.0 Å². The van der Waals surface area contributed by atoms with Crippen molar-refractivity contribution in [3.05, 3.63) is 123 Å². The molecular weight excluding hydrogens is 516 g/mol. The largest absolute Gasteiger partial charge is 0.456 e. The zero-order valence-corrected chi connectivity index (χ0v) is 21.4. The zero-order valence-electron chi connectivity index (χ0n) is 20.6. The molecule has 0 unspecified atom stereocenters. The molecule has 0 aliphatic heterocycles. The second-order valence-corrected chi connectivity index (χ2v) is 9.17. The lowest BCUT2D eigenvalue weighted by Gasteiger charge is -2.24. The molecule has 2 N–H and O–H groups in total. The van der Waals surface area contributed by atoms with E-state index in [9.17, 15) is 9.59 Å². The third-order valence-corrected chi connectivity index (χ3v) is 6.75. The third kappa shape index (κ3) is 4.38. The Kier molecular flexibility index (Phi) is 6.26. The number of benzene rings is 2. The lowest BCUT2D eigenvalue weighted by Crippen LogP contribution is -2.27. The van der Waals surface area contributed by atoms with E-state index in [1.165, 1.54) is 18.6 Å². The van der Waals surface area contributed by atoms with E-state index in [0.717, 1.165) is 0 Å². The predicted octanol–water partition coefficient (Wildman–Crippen LogP) is 5.64. The molecule has 2 aromatic carbocycles. The van der Waals surface area contributed by atoms with Crippen LogP contribution in [0.5, 0.6) is 11.5 Å². The number of fused-ring (bicyclic) bond motifs is 2. The van der Waals surface area contributed by atoms with Gasteiger partial charge in [-0.15, -0.1) is 0 Å². The van der Waals surface area contributed by atoms with Crippen LogP contribution >= 0.6 is 11.6 Å². The van der Waals surface area contributed by atoms with Crippen LogP contribution in [-0.2, 0) is 0 Å². The minimum atomic E-state index is -0.544. The molecule has 0 amide bonds. The molecule has 6 rings (SSSR count). The molecule has 0 radical (unpaired) electrons. The number of pyridine rings is 3. The molecule has 0 spiro atoms. The van der Waals surface area contributed by atoms with Gasteiger partial charge in [-0.3, -0.25) is 19.1 Å². The highest BCUT2D eigenvalue weighted by molar-refractivity contribution is 6.36. The maximum absolute atomic E-state index is 14.2. The predicted molar refractivity (Wildman–Crippen MR) is 151 cm³/mol. The molecule has 0 saturated heterocycles. The Morgan fingerprint density at radius 3 is 2.54 bits per heavy atom. The van der Waals surface area contributed by atoms with E-state index in [4.69, 9.17) is 16.3 Å². The maximum Gasteiger partial charge on any atom is 0.267 e. The van der Waals surface area contributed by atoms with Crippen molar-refractivity contribution in [3.8, 4) is 17.2 Å². The second kappa shape index (κ2) is 10.0. The van der Waals surface area contributed by atoms with Gasteiger partial charge in [-0.05, 0) is 37.3 Å². The highest BCUT2D eigenvalue weighted by atomic mass is 35.5. The summed E-state index contributed by atoms with van der Waals surface area (Å²) in [5, 5.41) is 4.83. The fourth-order valence-electron chi connectivity index (χ4n) is 4.62. The number of H-pyrrole nitrogens is 1. The molecule has 9 nitrogen and oxygen atoms in total. The first kappa shape index (κ1) is 24.3. The quantitative estimate of drug-likeness (QED) is 0.283. The first-order valence-electron chi connectivity index (χ1n) is 12.1. The van der Waals surface area contributed by atoms with E-state index in [2.05, 4.69) is 25.3 Å². The number of nitrogens with zero attached hydrogens (tertiary/aromatic N) is 4. The topological polar surface area (TPSA) is 115 Å². The number of hydrogen-bond donors (Lipinski definition) is 2. The Balaban J connectivity index is 1.57. The van der Waals surface area contributed by atoms with E-state index in [0.29, 0.717) is 55.5 Å². The van der Waals surface area contributed by atoms with Gasteiger partial charge in [0.05, 0.1) is 22.1 Å². The lowest BCUT2D eigenvalue weighted by atomic mass is 10.1. The number of halogens is 1. The van der Waals surface area contributed by atoms with Crippen molar-refractivity contribution in [2.24, 2.45) is 0 Å². The van der Waals surface area contributed by atoms with E-state index in [1.807, 2.05) is 37.3 Å². The molecule has 0 aliphatic rings. The molecule has 4 aromatic heterocycles. The zero-order chi connectivity index (χ0) is 26.9. The Morgan fingerprint density at radius 2 is 1.74 bits per heavy atom. The van der Waals surface area contributed by atoms with Crippen molar-refractivity contribution in [1.82, 2.24) is 24.5 Å². The molecule has 0 saturated carbocycles. The SMILES string of the molecule is C[C@H](Nc1ncnc2[nH]ccc(=O)c12)c1c(Cl)c2cccc(Oc3ccncc3)c2c(=O)n1-c1ccccc1. The molecule has 10 heteroatoms. The first-order chi connectivity index (χ1) is 19.0. The number of hydrogen-bond acceptors (Lipinski definition) is 7. The van der Waals surface area contributed by atoms with Gasteiger partial charge in [-0.1, -0.05) is 41.9 Å². The van der Waals surface area contributed by atoms with E-state index in [1.54, 1.807) is 47.3 Å². The van der Waals surface area contributed by atoms with Crippen LogP contribution in [0.25, 0.3) is 27.5 Å².